The van der Waals surface area contributed by atoms with E-state index < -0.39 is 0 Å². The van der Waals surface area contributed by atoms with Gasteiger partial charge in [0.05, 0.1) is 11.4 Å². The van der Waals surface area contributed by atoms with Gasteiger partial charge in [0, 0.05) is 18.3 Å². The maximum absolute atomic E-state index is 11.0. The minimum atomic E-state index is -0.0736. The SMILES string of the molecule is CC(=O)Nc1cccc(-n2nc(C)cc2C)c1. The summed E-state index contributed by atoms with van der Waals surface area (Å²) in [6.07, 6.45) is 0. The summed E-state index contributed by atoms with van der Waals surface area (Å²) >= 11 is 0. The molecule has 4 nitrogen and oxygen atoms in total. The third kappa shape index (κ3) is 2.53. The molecule has 17 heavy (non-hydrogen) atoms. The standard InChI is InChI=1S/C13H15N3O/c1-9-7-10(2)16(15-9)13-6-4-5-12(8-13)14-11(3)17/h4-8H,1-3H3,(H,14,17). The molecule has 0 aliphatic carbocycles. The van der Waals surface area contributed by atoms with Crippen molar-refractivity contribution >= 4 is 11.6 Å². The van der Waals surface area contributed by atoms with E-state index in [4.69, 9.17) is 0 Å². The van der Waals surface area contributed by atoms with Crippen molar-refractivity contribution in [3.8, 4) is 5.69 Å². The van der Waals surface area contributed by atoms with Crippen molar-refractivity contribution in [3.05, 3.63) is 41.7 Å². The molecule has 0 spiro atoms. The molecule has 0 aliphatic heterocycles. The van der Waals surface area contributed by atoms with Crippen molar-refractivity contribution < 1.29 is 4.79 Å². The van der Waals surface area contributed by atoms with Crippen LogP contribution in [-0.2, 0) is 4.79 Å². The Bertz CT molecular complexity index is 558. The number of carbonyl (C=O) groups excluding carboxylic acids is 1. The van der Waals surface area contributed by atoms with Crippen LogP contribution >= 0.6 is 0 Å². The first kappa shape index (κ1) is 11.4. The van der Waals surface area contributed by atoms with Crippen LogP contribution in [0.5, 0.6) is 0 Å². The number of nitrogens with one attached hydrogen (secondary N) is 1. The second-order valence-electron chi connectivity index (χ2n) is 4.07. The Balaban J connectivity index is 2.39. The largest absolute Gasteiger partial charge is 0.326 e. The van der Waals surface area contributed by atoms with E-state index in [1.54, 1.807) is 0 Å². The van der Waals surface area contributed by atoms with Crippen LogP contribution in [0.2, 0.25) is 0 Å². The van der Waals surface area contributed by atoms with Gasteiger partial charge in [0.15, 0.2) is 0 Å². The average molecular weight is 229 g/mol. The van der Waals surface area contributed by atoms with Gasteiger partial charge in [-0.25, -0.2) is 4.68 Å². The Hall–Kier alpha value is -2.10. The Morgan fingerprint density at radius 1 is 1.29 bits per heavy atom. The van der Waals surface area contributed by atoms with Crippen LogP contribution in [-0.4, -0.2) is 15.7 Å². The molecule has 1 amide bonds. The lowest BCUT2D eigenvalue weighted by Crippen LogP contribution is -2.06. The third-order valence-corrected chi connectivity index (χ3v) is 2.42. The molecular formula is C13H15N3O. The minimum Gasteiger partial charge on any atom is -0.326 e. The van der Waals surface area contributed by atoms with Crippen molar-refractivity contribution in [2.45, 2.75) is 20.8 Å². The van der Waals surface area contributed by atoms with Gasteiger partial charge in [0.25, 0.3) is 0 Å². The molecule has 2 aromatic rings. The van der Waals surface area contributed by atoms with Crippen LogP contribution in [0.4, 0.5) is 5.69 Å². The molecule has 0 bridgehead atoms. The van der Waals surface area contributed by atoms with Gasteiger partial charge < -0.3 is 5.32 Å². The van der Waals surface area contributed by atoms with Crippen molar-refractivity contribution in [2.24, 2.45) is 0 Å². The Morgan fingerprint density at radius 3 is 2.65 bits per heavy atom. The number of benzene rings is 1. The van der Waals surface area contributed by atoms with Gasteiger partial charge in [-0.05, 0) is 38.1 Å². The molecule has 0 saturated heterocycles. The normalized spacial score (nSPS) is 10.3. The van der Waals surface area contributed by atoms with Gasteiger partial charge in [-0.3, -0.25) is 4.79 Å². The molecule has 1 N–H and O–H groups in total. The zero-order valence-electron chi connectivity index (χ0n) is 10.2. The first-order valence-electron chi connectivity index (χ1n) is 5.47. The highest BCUT2D eigenvalue weighted by Gasteiger charge is 2.04. The molecule has 0 atom stereocenters. The molecule has 0 unspecified atom stereocenters. The van der Waals surface area contributed by atoms with Gasteiger partial charge in [-0.2, -0.15) is 5.10 Å². The number of aromatic nitrogens is 2. The van der Waals surface area contributed by atoms with E-state index >= 15 is 0 Å². The third-order valence-electron chi connectivity index (χ3n) is 2.42. The molecule has 88 valence electrons. The molecule has 0 saturated carbocycles. The van der Waals surface area contributed by atoms with E-state index in [0.717, 1.165) is 22.8 Å². The van der Waals surface area contributed by atoms with Gasteiger partial charge in [-0.15, -0.1) is 0 Å². The highest BCUT2D eigenvalue weighted by molar-refractivity contribution is 5.88. The summed E-state index contributed by atoms with van der Waals surface area (Å²) < 4.78 is 1.86. The first-order valence-corrected chi connectivity index (χ1v) is 5.47. The fourth-order valence-corrected chi connectivity index (χ4v) is 1.81. The summed E-state index contributed by atoms with van der Waals surface area (Å²) in [5, 5.41) is 7.17. The fraction of sp³-hybridized carbons (Fsp3) is 0.231. The van der Waals surface area contributed by atoms with Crippen LogP contribution in [0.15, 0.2) is 30.3 Å². The van der Waals surface area contributed by atoms with E-state index in [9.17, 15) is 4.79 Å². The molecular weight excluding hydrogens is 214 g/mol. The van der Waals surface area contributed by atoms with Crippen LogP contribution in [0, 0.1) is 13.8 Å². The number of anilines is 1. The number of hydrogen-bond donors (Lipinski definition) is 1. The average Bonchev–Trinajstić information content (AvgIpc) is 2.57. The summed E-state index contributed by atoms with van der Waals surface area (Å²) in [6, 6.07) is 9.64. The number of rotatable bonds is 2. The molecule has 4 heteroatoms. The van der Waals surface area contributed by atoms with E-state index in [0.29, 0.717) is 0 Å². The summed E-state index contributed by atoms with van der Waals surface area (Å²) in [4.78, 5) is 11.0. The quantitative estimate of drug-likeness (QED) is 0.859. The smallest absolute Gasteiger partial charge is 0.221 e. The summed E-state index contributed by atoms with van der Waals surface area (Å²) in [6.45, 7) is 5.46. The van der Waals surface area contributed by atoms with Crippen molar-refractivity contribution in [1.29, 1.82) is 0 Å². The van der Waals surface area contributed by atoms with Gasteiger partial charge in [-0.1, -0.05) is 6.07 Å². The van der Waals surface area contributed by atoms with Crippen molar-refractivity contribution in [3.63, 3.8) is 0 Å². The number of carbonyl (C=O) groups is 1. The van der Waals surface area contributed by atoms with Gasteiger partial charge in [0.2, 0.25) is 5.91 Å². The molecule has 1 aromatic carbocycles. The van der Waals surface area contributed by atoms with E-state index in [2.05, 4.69) is 10.4 Å². The molecule has 0 aliphatic rings. The minimum absolute atomic E-state index is 0.0736. The predicted octanol–water partition coefficient (Wildman–Crippen LogP) is 2.45. The first-order chi connectivity index (χ1) is 8.06. The lowest BCUT2D eigenvalue weighted by atomic mass is 10.2. The fourth-order valence-electron chi connectivity index (χ4n) is 1.81. The van der Waals surface area contributed by atoms with Crippen LogP contribution in [0.3, 0.4) is 0 Å². The summed E-state index contributed by atoms with van der Waals surface area (Å²) in [5.41, 5.74) is 3.78. The second-order valence-corrected chi connectivity index (χ2v) is 4.07. The van der Waals surface area contributed by atoms with Crippen molar-refractivity contribution in [1.82, 2.24) is 9.78 Å². The van der Waals surface area contributed by atoms with Crippen LogP contribution in [0.25, 0.3) is 5.69 Å². The highest BCUT2D eigenvalue weighted by atomic mass is 16.1. The lowest BCUT2D eigenvalue weighted by Gasteiger charge is -2.07. The zero-order chi connectivity index (χ0) is 12.4. The molecule has 2 rings (SSSR count). The van der Waals surface area contributed by atoms with Crippen LogP contribution < -0.4 is 5.32 Å². The number of hydrogen-bond acceptors (Lipinski definition) is 2. The topological polar surface area (TPSA) is 46.9 Å². The Kier molecular flexibility index (Phi) is 2.95. The zero-order valence-corrected chi connectivity index (χ0v) is 10.2. The van der Waals surface area contributed by atoms with Crippen molar-refractivity contribution in [2.75, 3.05) is 5.32 Å². The van der Waals surface area contributed by atoms with E-state index in [1.165, 1.54) is 6.92 Å². The van der Waals surface area contributed by atoms with E-state index in [1.807, 2.05) is 48.9 Å². The Morgan fingerprint density at radius 2 is 2.06 bits per heavy atom. The monoisotopic (exact) mass is 229 g/mol. The summed E-state index contributed by atoms with van der Waals surface area (Å²) in [7, 11) is 0. The highest BCUT2D eigenvalue weighted by Crippen LogP contribution is 2.16. The number of nitrogens with zero attached hydrogens (tertiary/aromatic N) is 2. The lowest BCUT2D eigenvalue weighted by molar-refractivity contribution is -0.114. The molecule has 1 heterocycles. The predicted molar refractivity (Wildman–Crippen MR) is 67.3 cm³/mol. The molecule has 1 aromatic heterocycles. The molecule has 0 fully saturated rings. The maximum atomic E-state index is 11.0. The van der Waals surface area contributed by atoms with E-state index in [-0.39, 0.29) is 5.91 Å². The number of aryl methyl sites for hydroxylation is 2. The summed E-state index contributed by atoms with van der Waals surface area (Å²) in [5.74, 6) is -0.0736. The Labute approximate surface area is 100 Å². The van der Waals surface area contributed by atoms with Gasteiger partial charge >= 0.3 is 0 Å². The van der Waals surface area contributed by atoms with Gasteiger partial charge in [0.1, 0.15) is 0 Å². The van der Waals surface area contributed by atoms with Crippen LogP contribution in [0.1, 0.15) is 18.3 Å². The molecule has 0 radical (unpaired) electrons. The number of amides is 1. The maximum Gasteiger partial charge on any atom is 0.221 e. The second kappa shape index (κ2) is 4.41.